The number of carboxylic acids is 1. The molecule has 0 saturated carbocycles. The van der Waals surface area contributed by atoms with E-state index in [0.717, 1.165) is 17.7 Å². The zero-order chi connectivity index (χ0) is 14.5. The lowest BCUT2D eigenvalue weighted by atomic mass is 9.97. The molecule has 1 aliphatic heterocycles. The molecule has 1 atom stereocenters. The number of carboxylic acid groups (broad SMARTS) is 1. The summed E-state index contributed by atoms with van der Waals surface area (Å²) < 4.78 is 5.09. The summed E-state index contributed by atoms with van der Waals surface area (Å²) in [5.41, 5.74) is 1.11. The second-order valence-electron chi connectivity index (χ2n) is 5.01. The molecular formula is C15H19NO4. The van der Waals surface area contributed by atoms with Crippen LogP contribution in [0.5, 0.6) is 5.75 Å². The van der Waals surface area contributed by atoms with E-state index >= 15 is 0 Å². The molecule has 0 aromatic heterocycles. The lowest BCUT2D eigenvalue weighted by Gasteiger charge is -2.30. The average Bonchev–Trinajstić information content (AvgIpc) is 2.46. The molecule has 1 aromatic rings. The van der Waals surface area contributed by atoms with Crippen molar-refractivity contribution < 1.29 is 19.4 Å². The molecule has 5 nitrogen and oxygen atoms in total. The van der Waals surface area contributed by atoms with E-state index in [-0.39, 0.29) is 5.91 Å². The van der Waals surface area contributed by atoms with Gasteiger partial charge in [0.2, 0.25) is 5.91 Å². The summed E-state index contributed by atoms with van der Waals surface area (Å²) in [6, 6.07) is 7.69. The van der Waals surface area contributed by atoms with Crippen LogP contribution < -0.4 is 4.74 Å². The largest absolute Gasteiger partial charge is 0.497 e. The number of amides is 1. The van der Waals surface area contributed by atoms with Gasteiger partial charge in [0.25, 0.3) is 0 Å². The quantitative estimate of drug-likeness (QED) is 0.887. The minimum absolute atomic E-state index is 0.0519. The second-order valence-corrected chi connectivity index (χ2v) is 5.01. The van der Waals surface area contributed by atoms with Gasteiger partial charge in [-0.3, -0.25) is 9.59 Å². The molecule has 1 fully saturated rings. The molecule has 0 radical (unpaired) electrons. The first kappa shape index (κ1) is 14.4. The van der Waals surface area contributed by atoms with Gasteiger partial charge >= 0.3 is 5.97 Å². The van der Waals surface area contributed by atoms with E-state index < -0.39 is 11.9 Å². The highest BCUT2D eigenvalue weighted by atomic mass is 16.5. The van der Waals surface area contributed by atoms with Crippen LogP contribution in [-0.2, 0) is 16.0 Å². The molecule has 1 aromatic carbocycles. The number of nitrogens with zero attached hydrogens (tertiary/aromatic N) is 1. The fraction of sp³-hybridized carbons (Fsp3) is 0.467. The monoisotopic (exact) mass is 277 g/mol. The Morgan fingerprint density at radius 1 is 1.40 bits per heavy atom. The highest BCUT2D eigenvalue weighted by Gasteiger charge is 2.29. The Bertz CT molecular complexity index is 483. The summed E-state index contributed by atoms with van der Waals surface area (Å²) in [6.45, 7) is 0.888. The number of benzene rings is 1. The number of piperidine rings is 1. The van der Waals surface area contributed by atoms with Crippen LogP contribution >= 0.6 is 0 Å². The van der Waals surface area contributed by atoms with Crippen molar-refractivity contribution in [1.29, 1.82) is 0 Å². The van der Waals surface area contributed by atoms with E-state index in [1.165, 1.54) is 0 Å². The smallest absolute Gasteiger partial charge is 0.308 e. The van der Waals surface area contributed by atoms with Crippen LogP contribution in [0.15, 0.2) is 24.3 Å². The van der Waals surface area contributed by atoms with Crippen molar-refractivity contribution in [3.8, 4) is 5.75 Å². The van der Waals surface area contributed by atoms with Crippen LogP contribution in [0.3, 0.4) is 0 Å². The molecule has 0 aliphatic carbocycles. The SMILES string of the molecule is COc1ccc(CCN2CC(C(=O)O)CCC2=O)cc1. The Kier molecular flexibility index (Phi) is 4.61. The van der Waals surface area contributed by atoms with Crippen LogP contribution in [-0.4, -0.2) is 42.1 Å². The molecular weight excluding hydrogens is 258 g/mol. The Morgan fingerprint density at radius 3 is 2.70 bits per heavy atom. The Hall–Kier alpha value is -2.04. The van der Waals surface area contributed by atoms with E-state index in [1.807, 2.05) is 24.3 Å². The van der Waals surface area contributed by atoms with E-state index in [2.05, 4.69) is 0 Å². The summed E-state index contributed by atoms with van der Waals surface area (Å²) in [5.74, 6) is -0.389. The highest BCUT2D eigenvalue weighted by Crippen LogP contribution is 2.19. The van der Waals surface area contributed by atoms with Crippen molar-refractivity contribution in [1.82, 2.24) is 4.90 Å². The number of likely N-dealkylation sites (tertiary alicyclic amines) is 1. The topological polar surface area (TPSA) is 66.8 Å². The Morgan fingerprint density at radius 2 is 2.10 bits per heavy atom. The molecule has 1 heterocycles. The van der Waals surface area contributed by atoms with Crippen molar-refractivity contribution in [3.05, 3.63) is 29.8 Å². The Labute approximate surface area is 118 Å². The van der Waals surface area contributed by atoms with Gasteiger partial charge in [-0.1, -0.05) is 12.1 Å². The van der Waals surface area contributed by atoms with Crippen molar-refractivity contribution in [2.45, 2.75) is 19.3 Å². The number of carbonyl (C=O) groups excluding carboxylic acids is 1. The predicted molar refractivity (Wildman–Crippen MR) is 73.6 cm³/mol. The number of methoxy groups -OCH3 is 1. The molecule has 1 N–H and O–H groups in total. The fourth-order valence-electron chi connectivity index (χ4n) is 2.39. The van der Waals surface area contributed by atoms with Crippen LogP contribution in [0.25, 0.3) is 0 Å². The molecule has 1 unspecified atom stereocenters. The van der Waals surface area contributed by atoms with Gasteiger partial charge in [0.15, 0.2) is 0 Å². The summed E-state index contributed by atoms with van der Waals surface area (Å²) in [6.07, 6.45) is 1.51. The highest BCUT2D eigenvalue weighted by molar-refractivity contribution is 5.80. The summed E-state index contributed by atoms with van der Waals surface area (Å²) >= 11 is 0. The molecule has 1 amide bonds. The molecule has 5 heteroatoms. The third kappa shape index (κ3) is 3.50. The first-order valence-electron chi connectivity index (χ1n) is 6.73. The average molecular weight is 277 g/mol. The maximum absolute atomic E-state index is 11.8. The number of carbonyl (C=O) groups is 2. The zero-order valence-corrected chi connectivity index (χ0v) is 11.5. The van der Waals surface area contributed by atoms with Crippen molar-refractivity contribution in [3.63, 3.8) is 0 Å². The van der Waals surface area contributed by atoms with Gasteiger partial charge in [-0.25, -0.2) is 0 Å². The fourth-order valence-corrected chi connectivity index (χ4v) is 2.39. The van der Waals surface area contributed by atoms with Gasteiger partial charge < -0.3 is 14.7 Å². The number of hydrogen-bond donors (Lipinski definition) is 1. The zero-order valence-electron chi connectivity index (χ0n) is 11.5. The minimum Gasteiger partial charge on any atom is -0.497 e. The number of ether oxygens (including phenoxy) is 1. The van der Waals surface area contributed by atoms with Crippen LogP contribution in [0.1, 0.15) is 18.4 Å². The third-order valence-corrected chi connectivity index (χ3v) is 3.68. The van der Waals surface area contributed by atoms with Crippen LogP contribution in [0.2, 0.25) is 0 Å². The summed E-state index contributed by atoms with van der Waals surface area (Å²) in [7, 11) is 1.62. The lowest BCUT2D eigenvalue weighted by Crippen LogP contribution is -2.43. The lowest BCUT2D eigenvalue weighted by molar-refractivity contribution is -0.147. The van der Waals surface area contributed by atoms with Gasteiger partial charge in [0, 0.05) is 19.5 Å². The van der Waals surface area contributed by atoms with Crippen molar-refractivity contribution in [2.24, 2.45) is 5.92 Å². The van der Waals surface area contributed by atoms with E-state index in [1.54, 1.807) is 12.0 Å². The van der Waals surface area contributed by atoms with E-state index in [9.17, 15) is 9.59 Å². The van der Waals surface area contributed by atoms with Crippen molar-refractivity contribution >= 4 is 11.9 Å². The van der Waals surface area contributed by atoms with Crippen molar-refractivity contribution in [2.75, 3.05) is 20.2 Å². The number of aliphatic carboxylic acids is 1. The summed E-state index contributed by atoms with van der Waals surface area (Å²) in [5, 5.41) is 9.03. The van der Waals surface area contributed by atoms with Gasteiger partial charge in [-0.05, 0) is 30.5 Å². The van der Waals surface area contributed by atoms with Gasteiger partial charge in [-0.15, -0.1) is 0 Å². The predicted octanol–water partition coefficient (Wildman–Crippen LogP) is 1.56. The molecule has 1 aliphatic rings. The first-order chi connectivity index (χ1) is 9.60. The maximum atomic E-state index is 11.8. The first-order valence-corrected chi connectivity index (χ1v) is 6.73. The van der Waals surface area contributed by atoms with Gasteiger partial charge in [0.05, 0.1) is 13.0 Å². The number of hydrogen-bond acceptors (Lipinski definition) is 3. The standard InChI is InChI=1S/C15H19NO4/c1-20-13-5-2-11(3-6-13)8-9-16-10-12(15(18)19)4-7-14(16)17/h2-3,5-6,12H,4,7-10H2,1H3,(H,18,19). The molecule has 0 spiro atoms. The summed E-state index contributed by atoms with van der Waals surface area (Å²) in [4.78, 5) is 24.5. The Balaban J connectivity index is 1.91. The minimum atomic E-state index is -0.813. The molecule has 1 saturated heterocycles. The molecule has 2 rings (SSSR count). The molecule has 20 heavy (non-hydrogen) atoms. The van der Waals surface area contributed by atoms with Gasteiger partial charge in [0.1, 0.15) is 5.75 Å². The van der Waals surface area contributed by atoms with Crippen LogP contribution in [0.4, 0.5) is 0 Å². The van der Waals surface area contributed by atoms with Crippen LogP contribution in [0, 0.1) is 5.92 Å². The number of rotatable bonds is 5. The van der Waals surface area contributed by atoms with Gasteiger partial charge in [-0.2, -0.15) is 0 Å². The molecule has 108 valence electrons. The normalized spacial score (nSPS) is 18.9. The van der Waals surface area contributed by atoms with E-state index in [4.69, 9.17) is 9.84 Å². The molecule has 0 bridgehead atoms. The third-order valence-electron chi connectivity index (χ3n) is 3.68. The maximum Gasteiger partial charge on any atom is 0.308 e. The second kappa shape index (κ2) is 6.41. The van der Waals surface area contributed by atoms with E-state index in [0.29, 0.717) is 25.9 Å².